The smallest absolute Gasteiger partial charge is 0.354 e. The van der Waals surface area contributed by atoms with Crippen LogP contribution in [0.25, 0.3) is 0 Å². The first-order chi connectivity index (χ1) is 17.6. The van der Waals surface area contributed by atoms with Crippen LogP contribution in [0.3, 0.4) is 0 Å². The van der Waals surface area contributed by atoms with Crippen LogP contribution >= 0.6 is 0 Å². The SMILES string of the molecule is COC(=O)c1cc(NC(=O)c2cc(C(=O)Nc3cc(NC(=O)c4cccn4C)cn3C)cn2C)cn1C. The lowest BCUT2D eigenvalue weighted by Gasteiger charge is -2.04. The molecule has 0 aliphatic heterocycles. The van der Waals surface area contributed by atoms with Crippen LogP contribution in [0.5, 0.6) is 0 Å². The molecule has 37 heavy (non-hydrogen) atoms. The van der Waals surface area contributed by atoms with Crippen LogP contribution in [0.4, 0.5) is 17.2 Å². The molecule has 0 spiro atoms. The maximum absolute atomic E-state index is 12.9. The van der Waals surface area contributed by atoms with Gasteiger partial charge in [0.15, 0.2) is 0 Å². The quantitative estimate of drug-likeness (QED) is 0.332. The van der Waals surface area contributed by atoms with Crippen molar-refractivity contribution in [3.05, 3.63) is 77.8 Å². The van der Waals surface area contributed by atoms with Crippen LogP contribution in [-0.2, 0) is 32.9 Å². The van der Waals surface area contributed by atoms with E-state index >= 15 is 0 Å². The molecule has 0 saturated carbocycles. The Kier molecular flexibility index (Phi) is 6.74. The van der Waals surface area contributed by atoms with Gasteiger partial charge in [0.2, 0.25) is 0 Å². The number of carbonyl (C=O) groups excluding carboxylic acids is 4. The molecule has 0 atom stereocenters. The van der Waals surface area contributed by atoms with E-state index in [1.807, 2.05) is 0 Å². The first kappa shape index (κ1) is 25.1. The number of carbonyl (C=O) groups is 4. The highest BCUT2D eigenvalue weighted by Gasteiger charge is 2.19. The fourth-order valence-corrected chi connectivity index (χ4v) is 3.89. The summed E-state index contributed by atoms with van der Waals surface area (Å²) in [6, 6.07) is 8.10. The van der Waals surface area contributed by atoms with Crippen LogP contribution in [0.2, 0.25) is 0 Å². The van der Waals surface area contributed by atoms with Crippen LogP contribution < -0.4 is 16.0 Å². The van der Waals surface area contributed by atoms with Crippen molar-refractivity contribution in [2.24, 2.45) is 28.2 Å². The minimum atomic E-state index is -0.524. The molecule has 12 heteroatoms. The van der Waals surface area contributed by atoms with Crippen molar-refractivity contribution in [2.45, 2.75) is 0 Å². The molecule has 0 aromatic carbocycles. The zero-order valence-electron chi connectivity index (χ0n) is 21.0. The fourth-order valence-electron chi connectivity index (χ4n) is 3.89. The minimum Gasteiger partial charge on any atom is -0.464 e. The molecule has 12 nitrogen and oxygen atoms in total. The number of aryl methyl sites for hydroxylation is 4. The van der Waals surface area contributed by atoms with Crippen LogP contribution in [0.15, 0.2) is 55.1 Å². The van der Waals surface area contributed by atoms with Crippen LogP contribution in [0.1, 0.15) is 41.8 Å². The summed E-state index contributed by atoms with van der Waals surface area (Å²) in [6.07, 6.45) is 6.59. The Hall–Kier alpha value is -5.00. The second-order valence-electron chi connectivity index (χ2n) is 8.53. The molecule has 0 unspecified atom stereocenters. The van der Waals surface area contributed by atoms with Gasteiger partial charge in [0.25, 0.3) is 17.7 Å². The van der Waals surface area contributed by atoms with Gasteiger partial charge in [-0.1, -0.05) is 0 Å². The third-order valence-electron chi connectivity index (χ3n) is 5.84. The van der Waals surface area contributed by atoms with E-state index in [9.17, 15) is 19.2 Å². The lowest BCUT2D eigenvalue weighted by Crippen LogP contribution is -2.15. The highest BCUT2D eigenvalue weighted by atomic mass is 16.5. The van der Waals surface area contributed by atoms with Gasteiger partial charge in [-0.3, -0.25) is 14.4 Å². The Morgan fingerprint density at radius 3 is 1.95 bits per heavy atom. The highest BCUT2D eigenvalue weighted by Crippen LogP contribution is 2.20. The predicted octanol–water partition coefficient (Wildman–Crippen LogP) is 2.58. The molecule has 4 heterocycles. The Balaban J connectivity index is 1.44. The molecule has 192 valence electrons. The standard InChI is InChI=1S/C25H27N7O5/c1-29-8-6-7-18(29)23(34)27-17-11-21(32(4)14-17)28-22(33)15-9-19(30(2)12-15)24(35)26-16-10-20(25(36)37-5)31(3)13-16/h6-14H,1-5H3,(H,26,35)(H,27,34)(H,28,33). The molecule has 3 N–H and O–H groups in total. The van der Waals surface area contributed by atoms with Gasteiger partial charge in [-0.2, -0.15) is 0 Å². The number of anilines is 3. The minimum absolute atomic E-state index is 0.246. The number of rotatable bonds is 7. The number of amides is 3. The van der Waals surface area contributed by atoms with Gasteiger partial charge in [0.05, 0.1) is 24.0 Å². The summed E-state index contributed by atoms with van der Waals surface area (Å²) in [5.41, 5.74) is 2.23. The van der Waals surface area contributed by atoms with E-state index in [-0.39, 0.29) is 22.9 Å². The number of esters is 1. The summed E-state index contributed by atoms with van der Waals surface area (Å²) in [5.74, 6) is -1.21. The highest BCUT2D eigenvalue weighted by molar-refractivity contribution is 6.09. The Labute approximate surface area is 212 Å². The van der Waals surface area contributed by atoms with E-state index in [2.05, 4.69) is 16.0 Å². The largest absolute Gasteiger partial charge is 0.464 e. The van der Waals surface area contributed by atoms with Crippen LogP contribution in [0, 0.1) is 0 Å². The van der Waals surface area contributed by atoms with Crippen molar-refractivity contribution in [3.8, 4) is 0 Å². The van der Waals surface area contributed by atoms with Gasteiger partial charge < -0.3 is 39.0 Å². The van der Waals surface area contributed by atoms with Gasteiger partial charge in [-0.15, -0.1) is 0 Å². The molecule has 4 rings (SSSR count). The van der Waals surface area contributed by atoms with E-state index in [1.165, 1.54) is 30.0 Å². The summed E-state index contributed by atoms with van der Waals surface area (Å²) in [7, 11) is 8.10. The number of methoxy groups -OCH3 is 1. The topological polar surface area (TPSA) is 133 Å². The van der Waals surface area contributed by atoms with E-state index in [4.69, 9.17) is 4.74 Å². The second kappa shape index (κ2) is 9.93. The van der Waals surface area contributed by atoms with Gasteiger partial charge in [-0.25, -0.2) is 4.79 Å². The predicted molar refractivity (Wildman–Crippen MR) is 137 cm³/mol. The summed E-state index contributed by atoms with van der Waals surface area (Å²) in [5, 5.41) is 8.32. The zero-order valence-corrected chi connectivity index (χ0v) is 21.0. The molecule has 4 aromatic rings. The summed E-state index contributed by atoms with van der Waals surface area (Å²) >= 11 is 0. The molecular weight excluding hydrogens is 478 g/mol. The normalized spacial score (nSPS) is 10.7. The van der Waals surface area contributed by atoms with Crippen molar-refractivity contribution in [1.29, 1.82) is 0 Å². The van der Waals surface area contributed by atoms with Crippen molar-refractivity contribution < 1.29 is 23.9 Å². The molecule has 0 aliphatic rings. The number of aromatic nitrogens is 4. The Morgan fingerprint density at radius 1 is 0.676 bits per heavy atom. The van der Waals surface area contributed by atoms with E-state index in [0.717, 1.165) is 0 Å². The maximum Gasteiger partial charge on any atom is 0.354 e. The third kappa shape index (κ3) is 5.17. The fraction of sp³-hybridized carbons (Fsp3) is 0.200. The Bertz CT molecular complexity index is 1520. The van der Waals surface area contributed by atoms with Gasteiger partial charge in [0, 0.05) is 59.0 Å². The molecule has 0 bridgehead atoms. The van der Waals surface area contributed by atoms with Gasteiger partial charge in [0.1, 0.15) is 22.9 Å². The van der Waals surface area contributed by atoms with E-state index < -0.39 is 17.8 Å². The monoisotopic (exact) mass is 505 g/mol. The maximum atomic E-state index is 12.9. The van der Waals surface area contributed by atoms with Crippen molar-refractivity contribution in [1.82, 2.24) is 18.3 Å². The molecule has 0 saturated heterocycles. The second-order valence-corrected chi connectivity index (χ2v) is 8.53. The van der Waals surface area contributed by atoms with Gasteiger partial charge in [-0.05, 0) is 24.3 Å². The first-order valence-electron chi connectivity index (χ1n) is 11.2. The zero-order chi connectivity index (χ0) is 26.9. The van der Waals surface area contributed by atoms with Crippen molar-refractivity contribution in [2.75, 3.05) is 23.1 Å². The third-order valence-corrected chi connectivity index (χ3v) is 5.84. The number of ether oxygens (including phenoxy) is 1. The molecule has 0 aliphatic carbocycles. The average molecular weight is 506 g/mol. The van der Waals surface area contributed by atoms with Crippen molar-refractivity contribution in [3.63, 3.8) is 0 Å². The number of nitrogens with one attached hydrogen (secondary N) is 3. The molecule has 0 radical (unpaired) electrons. The van der Waals surface area contributed by atoms with E-state index in [0.29, 0.717) is 22.9 Å². The summed E-state index contributed by atoms with van der Waals surface area (Å²) in [6.45, 7) is 0. The molecule has 4 aromatic heterocycles. The number of hydrogen-bond acceptors (Lipinski definition) is 5. The van der Waals surface area contributed by atoms with Crippen molar-refractivity contribution >= 4 is 40.9 Å². The molecule has 0 fully saturated rings. The van der Waals surface area contributed by atoms with E-state index in [1.54, 1.807) is 78.7 Å². The summed E-state index contributed by atoms with van der Waals surface area (Å²) in [4.78, 5) is 50.0. The number of nitrogens with zero attached hydrogens (tertiary/aromatic N) is 4. The molecule has 3 amide bonds. The average Bonchev–Trinajstić information content (AvgIpc) is 3.61. The lowest BCUT2D eigenvalue weighted by molar-refractivity contribution is 0.0589. The van der Waals surface area contributed by atoms with Crippen LogP contribution in [-0.4, -0.2) is 49.1 Å². The first-order valence-corrected chi connectivity index (χ1v) is 11.2. The number of hydrogen-bond donors (Lipinski definition) is 3. The molecular formula is C25H27N7O5. The summed E-state index contributed by atoms with van der Waals surface area (Å²) < 4.78 is 11.2. The lowest BCUT2D eigenvalue weighted by atomic mass is 10.2. The Morgan fingerprint density at radius 2 is 1.30 bits per heavy atom. The van der Waals surface area contributed by atoms with Gasteiger partial charge >= 0.3 is 5.97 Å².